The Balaban J connectivity index is 2.27. The molecule has 0 aromatic heterocycles. The number of halogens is 1. The number of nitrogens with one attached hydrogen (secondary N) is 1. The molecule has 6 nitrogen and oxygen atoms in total. The summed E-state index contributed by atoms with van der Waals surface area (Å²) in [7, 11) is 4.69. The lowest BCUT2D eigenvalue weighted by Gasteiger charge is -2.14. The highest BCUT2D eigenvalue weighted by atomic mass is 79.9. The lowest BCUT2D eigenvalue weighted by molar-refractivity contribution is 0.101. The molecular weight excluding hydrogens is 390 g/mol. The van der Waals surface area contributed by atoms with Crippen LogP contribution in [0, 0.1) is 0 Å². The Morgan fingerprint density at radius 1 is 1.00 bits per heavy atom. The highest BCUT2D eigenvalue weighted by Crippen LogP contribution is 2.31. The summed E-state index contributed by atoms with van der Waals surface area (Å²) >= 11 is 3.38. The maximum Gasteiger partial charge on any atom is 0.259 e. The smallest absolute Gasteiger partial charge is 0.259 e. The molecule has 0 saturated heterocycles. The fourth-order valence-electron chi connectivity index (χ4n) is 2.14. The second-order valence-electron chi connectivity index (χ2n) is 5.00. The van der Waals surface area contributed by atoms with Crippen molar-refractivity contribution in [1.29, 1.82) is 0 Å². The highest BCUT2D eigenvalue weighted by Gasteiger charge is 2.16. The van der Waals surface area contributed by atoms with Crippen molar-refractivity contribution in [2.24, 2.45) is 0 Å². The van der Waals surface area contributed by atoms with Gasteiger partial charge in [0.2, 0.25) is 0 Å². The van der Waals surface area contributed by atoms with Gasteiger partial charge >= 0.3 is 0 Å². The summed E-state index contributed by atoms with van der Waals surface area (Å²) in [5.74, 6) is 1.30. The molecule has 0 fully saturated rings. The van der Waals surface area contributed by atoms with Crippen LogP contribution in [0.1, 0.15) is 10.4 Å². The molecule has 0 spiro atoms. The molecule has 0 aliphatic carbocycles. The average molecular weight is 410 g/mol. The van der Waals surface area contributed by atoms with Gasteiger partial charge in [0.1, 0.15) is 23.9 Å². The Bertz CT molecular complexity index is 735. The number of benzene rings is 2. The van der Waals surface area contributed by atoms with Crippen LogP contribution in [0.25, 0.3) is 0 Å². The van der Waals surface area contributed by atoms with E-state index in [4.69, 9.17) is 18.9 Å². The van der Waals surface area contributed by atoms with E-state index in [2.05, 4.69) is 21.2 Å². The number of carbonyl (C=O) groups is 1. The van der Waals surface area contributed by atoms with Crippen molar-refractivity contribution >= 4 is 27.5 Å². The van der Waals surface area contributed by atoms with Gasteiger partial charge in [-0.25, -0.2) is 0 Å². The van der Waals surface area contributed by atoms with Crippen LogP contribution < -0.4 is 19.5 Å². The molecule has 25 heavy (non-hydrogen) atoms. The molecule has 0 aliphatic rings. The summed E-state index contributed by atoms with van der Waals surface area (Å²) in [6, 6.07) is 10.4. The van der Waals surface area contributed by atoms with Crippen molar-refractivity contribution in [3.8, 4) is 17.2 Å². The van der Waals surface area contributed by atoms with E-state index in [1.54, 1.807) is 44.6 Å². The molecule has 0 unspecified atom stereocenters. The van der Waals surface area contributed by atoms with Gasteiger partial charge in [-0.2, -0.15) is 0 Å². The summed E-state index contributed by atoms with van der Waals surface area (Å²) in [6.07, 6.45) is 0. The number of carbonyl (C=O) groups excluding carboxylic acids is 1. The van der Waals surface area contributed by atoms with Crippen LogP contribution in [0.2, 0.25) is 0 Å². The zero-order chi connectivity index (χ0) is 18.2. The molecule has 0 atom stereocenters. The lowest BCUT2D eigenvalue weighted by Crippen LogP contribution is -2.15. The summed E-state index contributed by atoms with van der Waals surface area (Å²) < 4.78 is 21.9. The topological polar surface area (TPSA) is 66.0 Å². The van der Waals surface area contributed by atoms with E-state index in [1.807, 2.05) is 6.07 Å². The molecule has 2 aromatic carbocycles. The van der Waals surface area contributed by atoms with Gasteiger partial charge < -0.3 is 24.3 Å². The predicted molar refractivity (Wildman–Crippen MR) is 99.0 cm³/mol. The molecule has 1 N–H and O–H groups in total. The Hall–Kier alpha value is -2.25. The van der Waals surface area contributed by atoms with Gasteiger partial charge in [-0.05, 0) is 30.3 Å². The first kappa shape index (κ1) is 19.1. The molecule has 0 aliphatic heterocycles. The second-order valence-corrected chi connectivity index (χ2v) is 5.92. The number of rotatable bonds is 8. The SMILES string of the molecule is COCCOc1ccc(Br)cc1C(=O)Nc1cc(OC)ccc1OC. The summed E-state index contributed by atoms with van der Waals surface area (Å²) in [5, 5.41) is 2.83. The van der Waals surface area contributed by atoms with Crippen LogP contribution in [0.5, 0.6) is 17.2 Å². The first-order valence-electron chi connectivity index (χ1n) is 7.53. The van der Waals surface area contributed by atoms with E-state index in [1.165, 1.54) is 7.11 Å². The first-order chi connectivity index (χ1) is 12.1. The van der Waals surface area contributed by atoms with Crippen molar-refractivity contribution < 1.29 is 23.7 Å². The molecule has 2 aromatic rings. The van der Waals surface area contributed by atoms with Crippen LogP contribution in [0.15, 0.2) is 40.9 Å². The molecule has 7 heteroatoms. The molecule has 0 bridgehead atoms. The van der Waals surface area contributed by atoms with E-state index in [9.17, 15) is 4.79 Å². The third-order valence-electron chi connectivity index (χ3n) is 3.39. The average Bonchev–Trinajstić information content (AvgIpc) is 2.62. The van der Waals surface area contributed by atoms with Crippen molar-refractivity contribution in [3.63, 3.8) is 0 Å². The van der Waals surface area contributed by atoms with Gasteiger partial charge in [-0.3, -0.25) is 4.79 Å². The number of anilines is 1. The number of hydrogen-bond acceptors (Lipinski definition) is 5. The minimum Gasteiger partial charge on any atom is -0.497 e. The van der Waals surface area contributed by atoms with Gasteiger partial charge in [0.25, 0.3) is 5.91 Å². The third kappa shape index (κ3) is 5.11. The zero-order valence-electron chi connectivity index (χ0n) is 14.3. The quantitative estimate of drug-likeness (QED) is 0.672. The Morgan fingerprint density at radius 3 is 2.44 bits per heavy atom. The van der Waals surface area contributed by atoms with Crippen LogP contribution >= 0.6 is 15.9 Å². The normalized spacial score (nSPS) is 10.2. The third-order valence-corrected chi connectivity index (χ3v) is 3.88. The van der Waals surface area contributed by atoms with Crippen molar-refractivity contribution in [3.05, 3.63) is 46.4 Å². The highest BCUT2D eigenvalue weighted by molar-refractivity contribution is 9.10. The number of hydrogen-bond donors (Lipinski definition) is 1. The van der Waals surface area contributed by atoms with Gasteiger partial charge in [0.05, 0.1) is 32.1 Å². The van der Waals surface area contributed by atoms with Crippen LogP contribution in [-0.2, 0) is 4.74 Å². The van der Waals surface area contributed by atoms with Crippen molar-refractivity contribution in [2.45, 2.75) is 0 Å². The Morgan fingerprint density at radius 2 is 1.76 bits per heavy atom. The molecule has 0 saturated carbocycles. The van der Waals surface area contributed by atoms with Gasteiger partial charge in [-0.15, -0.1) is 0 Å². The molecule has 1 amide bonds. The molecular formula is C18H20BrNO5. The number of ether oxygens (including phenoxy) is 4. The van der Waals surface area contributed by atoms with Gasteiger partial charge in [-0.1, -0.05) is 15.9 Å². The minimum absolute atomic E-state index is 0.319. The van der Waals surface area contributed by atoms with E-state index in [-0.39, 0.29) is 5.91 Å². The Kier molecular flexibility index (Phi) is 7.09. The standard InChI is InChI=1S/C18H20BrNO5/c1-22-8-9-25-16-6-4-12(19)10-14(16)18(21)20-15-11-13(23-2)5-7-17(15)24-3/h4-7,10-11H,8-9H2,1-3H3,(H,20,21). The van der Waals surface area contributed by atoms with Crippen LogP contribution in [0.4, 0.5) is 5.69 Å². The predicted octanol–water partition coefficient (Wildman–Crippen LogP) is 3.74. The first-order valence-corrected chi connectivity index (χ1v) is 8.33. The second kappa shape index (κ2) is 9.29. The summed E-state index contributed by atoms with van der Waals surface area (Å²) in [6.45, 7) is 0.779. The minimum atomic E-state index is -0.319. The van der Waals surface area contributed by atoms with E-state index >= 15 is 0 Å². The molecule has 2 rings (SSSR count). The monoisotopic (exact) mass is 409 g/mol. The maximum atomic E-state index is 12.7. The summed E-state index contributed by atoms with van der Waals surface area (Å²) in [4.78, 5) is 12.7. The van der Waals surface area contributed by atoms with Gasteiger partial charge in [0, 0.05) is 17.6 Å². The fraction of sp³-hybridized carbons (Fsp3) is 0.278. The number of methoxy groups -OCH3 is 3. The Labute approximate surface area is 155 Å². The van der Waals surface area contributed by atoms with E-state index < -0.39 is 0 Å². The van der Waals surface area contributed by atoms with Gasteiger partial charge in [0.15, 0.2) is 0 Å². The maximum absolute atomic E-state index is 12.7. The van der Waals surface area contributed by atoms with Crippen LogP contribution in [0.3, 0.4) is 0 Å². The number of amides is 1. The molecule has 134 valence electrons. The lowest BCUT2D eigenvalue weighted by atomic mass is 10.1. The molecule has 0 heterocycles. The van der Waals surface area contributed by atoms with E-state index in [0.717, 1.165) is 4.47 Å². The van der Waals surface area contributed by atoms with Crippen LogP contribution in [-0.4, -0.2) is 40.5 Å². The fourth-order valence-corrected chi connectivity index (χ4v) is 2.50. The van der Waals surface area contributed by atoms with E-state index in [0.29, 0.717) is 41.7 Å². The zero-order valence-corrected chi connectivity index (χ0v) is 15.9. The van der Waals surface area contributed by atoms with Crippen molar-refractivity contribution in [1.82, 2.24) is 0 Å². The molecule has 0 radical (unpaired) electrons. The van der Waals surface area contributed by atoms with Crippen molar-refractivity contribution in [2.75, 3.05) is 39.9 Å². The largest absolute Gasteiger partial charge is 0.497 e. The summed E-state index contributed by atoms with van der Waals surface area (Å²) in [5.41, 5.74) is 0.907.